The summed E-state index contributed by atoms with van der Waals surface area (Å²) in [5.74, 6) is 0.908. The molecule has 0 spiro atoms. The van der Waals surface area contributed by atoms with Gasteiger partial charge in [-0.1, -0.05) is 11.6 Å². The van der Waals surface area contributed by atoms with E-state index in [-0.39, 0.29) is 5.69 Å². The van der Waals surface area contributed by atoms with Crippen LogP contribution >= 0.6 is 0 Å². The van der Waals surface area contributed by atoms with Gasteiger partial charge in [0.25, 0.3) is 5.69 Å². The fraction of sp³-hybridized carbons (Fsp3) is 0.143. The third kappa shape index (κ3) is 3.07. The highest BCUT2D eigenvalue weighted by atomic mass is 16.6. The van der Waals surface area contributed by atoms with Gasteiger partial charge in [-0.25, -0.2) is 0 Å². The van der Waals surface area contributed by atoms with E-state index in [0.717, 1.165) is 23.3 Å². The van der Waals surface area contributed by atoms with Crippen molar-refractivity contribution in [1.82, 2.24) is 0 Å². The molecule has 0 unspecified atom stereocenters. The van der Waals surface area contributed by atoms with E-state index in [1.54, 1.807) is 18.4 Å². The van der Waals surface area contributed by atoms with Crippen LogP contribution in [-0.4, -0.2) is 4.92 Å². The van der Waals surface area contributed by atoms with E-state index in [1.807, 2.05) is 25.1 Å². The lowest BCUT2D eigenvalue weighted by molar-refractivity contribution is -0.384. The van der Waals surface area contributed by atoms with Gasteiger partial charge >= 0.3 is 0 Å². The fourth-order valence-corrected chi connectivity index (χ4v) is 1.72. The molecule has 0 aliphatic carbocycles. The van der Waals surface area contributed by atoms with Crippen LogP contribution in [0.4, 0.5) is 5.69 Å². The van der Waals surface area contributed by atoms with Gasteiger partial charge < -0.3 is 4.42 Å². The van der Waals surface area contributed by atoms with Gasteiger partial charge in [0.1, 0.15) is 5.76 Å². The normalized spacial score (nSPS) is 11.5. The highest BCUT2D eigenvalue weighted by molar-refractivity contribution is 5.54. The molecule has 0 aliphatic heterocycles. The molecule has 2 rings (SSSR count). The largest absolute Gasteiger partial charge is 0.469 e. The number of furan rings is 1. The first kappa shape index (κ1) is 12.1. The monoisotopic (exact) mass is 243 g/mol. The van der Waals surface area contributed by atoms with E-state index in [1.165, 1.54) is 12.1 Å². The highest BCUT2D eigenvalue weighted by Crippen LogP contribution is 2.16. The Bertz CT molecular complexity index is 553. The number of hydrogen-bond acceptors (Lipinski definition) is 3. The molecule has 0 fully saturated rings. The van der Waals surface area contributed by atoms with E-state index in [9.17, 15) is 10.1 Å². The molecule has 0 saturated heterocycles. The predicted molar refractivity (Wildman–Crippen MR) is 69.2 cm³/mol. The zero-order valence-electron chi connectivity index (χ0n) is 10.00. The minimum Gasteiger partial charge on any atom is -0.469 e. The quantitative estimate of drug-likeness (QED) is 0.605. The van der Waals surface area contributed by atoms with Gasteiger partial charge in [0.05, 0.1) is 11.2 Å². The molecule has 4 heteroatoms. The Hall–Kier alpha value is -2.36. The van der Waals surface area contributed by atoms with Crippen molar-refractivity contribution in [3.63, 3.8) is 0 Å². The van der Waals surface area contributed by atoms with E-state index in [0.29, 0.717) is 0 Å². The van der Waals surface area contributed by atoms with Crippen molar-refractivity contribution < 1.29 is 9.34 Å². The first-order chi connectivity index (χ1) is 8.65. The van der Waals surface area contributed by atoms with Crippen LogP contribution in [0.2, 0.25) is 0 Å². The standard InChI is InChI=1S/C14H13NO3/c1-11(10-14-3-2-8-18-14)9-12-4-6-13(7-5-12)15(16)17/h2-9H,10H2,1H3/b11-9+. The third-order valence-electron chi connectivity index (χ3n) is 2.55. The fourth-order valence-electron chi connectivity index (χ4n) is 1.72. The molecule has 0 bridgehead atoms. The minimum absolute atomic E-state index is 0.107. The van der Waals surface area contributed by atoms with Crippen molar-refractivity contribution in [2.24, 2.45) is 0 Å². The van der Waals surface area contributed by atoms with E-state index < -0.39 is 4.92 Å². The van der Waals surface area contributed by atoms with Crippen molar-refractivity contribution in [3.8, 4) is 0 Å². The summed E-state index contributed by atoms with van der Waals surface area (Å²) in [6, 6.07) is 10.3. The van der Waals surface area contributed by atoms with Crippen LogP contribution in [0, 0.1) is 10.1 Å². The van der Waals surface area contributed by atoms with Gasteiger partial charge in [-0.15, -0.1) is 0 Å². The molecule has 0 atom stereocenters. The molecular weight excluding hydrogens is 230 g/mol. The average molecular weight is 243 g/mol. The molecule has 0 N–H and O–H groups in total. The number of nitro benzene ring substituents is 1. The van der Waals surface area contributed by atoms with E-state index in [2.05, 4.69) is 0 Å². The molecule has 0 amide bonds. The summed E-state index contributed by atoms with van der Waals surface area (Å²) in [6.45, 7) is 2.00. The van der Waals surface area contributed by atoms with Crippen molar-refractivity contribution in [1.29, 1.82) is 0 Å². The van der Waals surface area contributed by atoms with Gasteiger partial charge in [-0.2, -0.15) is 0 Å². The van der Waals surface area contributed by atoms with Crippen LogP contribution < -0.4 is 0 Å². The molecule has 2 aromatic rings. The summed E-state index contributed by atoms with van der Waals surface area (Å²) in [5.41, 5.74) is 2.19. The third-order valence-corrected chi connectivity index (χ3v) is 2.55. The summed E-state index contributed by atoms with van der Waals surface area (Å²) in [6.07, 6.45) is 4.38. The van der Waals surface area contributed by atoms with Crippen LogP contribution in [0.3, 0.4) is 0 Å². The Kier molecular flexibility index (Phi) is 3.57. The van der Waals surface area contributed by atoms with Gasteiger partial charge in [0.2, 0.25) is 0 Å². The van der Waals surface area contributed by atoms with Crippen molar-refractivity contribution >= 4 is 11.8 Å². The van der Waals surface area contributed by atoms with Crippen molar-refractivity contribution in [2.75, 3.05) is 0 Å². The smallest absolute Gasteiger partial charge is 0.269 e. The molecule has 0 radical (unpaired) electrons. The van der Waals surface area contributed by atoms with Crippen LogP contribution in [0.5, 0.6) is 0 Å². The van der Waals surface area contributed by atoms with Gasteiger partial charge in [0.15, 0.2) is 0 Å². The number of hydrogen-bond donors (Lipinski definition) is 0. The molecule has 0 aliphatic rings. The molecule has 18 heavy (non-hydrogen) atoms. The van der Waals surface area contributed by atoms with Gasteiger partial charge in [-0.3, -0.25) is 10.1 Å². The molecule has 0 saturated carbocycles. The molecule has 1 heterocycles. The van der Waals surface area contributed by atoms with Gasteiger partial charge in [0, 0.05) is 18.6 Å². The molecule has 1 aromatic carbocycles. The van der Waals surface area contributed by atoms with Crippen LogP contribution in [-0.2, 0) is 6.42 Å². The Balaban J connectivity index is 2.09. The summed E-state index contributed by atoms with van der Waals surface area (Å²) in [7, 11) is 0. The summed E-state index contributed by atoms with van der Waals surface area (Å²) < 4.78 is 5.26. The van der Waals surface area contributed by atoms with Crippen LogP contribution in [0.1, 0.15) is 18.2 Å². The second kappa shape index (κ2) is 5.31. The summed E-state index contributed by atoms with van der Waals surface area (Å²) >= 11 is 0. The second-order valence-electron chi connectivity index (χ2n) is 4.10. The number of rotatable bonds is 4. The summed E-state index contributed by atoms with van der Waals surface area (Å²) in [4.78, 5) is 10.1. The topological polar surface area (TPSA) is 56.3 Å². The Morgan fingerprint density at radius 1 is 1.33 bits per heavy atom. The van der Waals surface area contributed by atoms with Crippen LogP contribution in [0.25, 0.3) is 6.08 Å². The lowest BCUT2D eigenvalue weighted by Crippen LogP contribution is -1.87. The zero-order valence-corrected chi connectivity index (χ0v) is 10.00. The summed E-state index contributed by atoms with van der Waals surface area (Å²) in [5, 5.41) is 10.5. The number of non-ortho nitro benzene ring substituents is 1. The van der Waals surface area contributed by atoms with Crippen LogP contribution in [0.15, 0.2) is 52.7 Å². The first-order valence-electron chi connectivity index (χ1n) is 5.59. The molecule has 92 valence electrons. The number of benzene rings is 1. The second-order valence-corrected chi connectivity index (χ2v) is 4.10. The number of nitro groups is 1. The molecular formula is C14H13NO3. The lowest BCUT2D eigenvalue weighted by atomic mass is 10.1. The number of nitrogens with zero attached hydrogens (tertiary/aromatic N) is 1. The minimum atomic E-state index is -0.400. The highest BCUT2D eigenvalue weighted by Gasteiger charge is 2.03. The van der Waals surface area contributed by atoms with Crippen molar-refractivity contribution in [3.05, 3.63) is 69.7 Å². The Labute approximate surface area is 105 Å². The van der Waals surface area contributed by atoms with Gasteiger partial charge in [-0.05, 0) is 36.8 Å². The van der Waals surface area contributed by atoms with E-state index >= 15 is 0 Å². The zero-order chi connectivity index (χ0) is 13.0. The average Bonchev–Trinajstić information content (AvgIpc) is 2.82. The first-order valence-corrected chi connectivity index (χ1v) is 5.59. The maximum absolute atomic E-state index is 10.5. The number of allylic oxidation sites excluding steroid dienone is 1. The van der Waals surface area contributed by atoms with E-state index in [4.69, 9.17) is 4.42 Å². The Morgan fingerprint density at radius 2 is 2.06 bits per heavy atom. The maximum atomic E-state index is 10.5. The SMILES string of the molecule is C/C(=C\c1ccc([N+](=O)[O-])cc1)Cc1ccco1. The Morgan fingerprint density at radius 3 is 2.61 bits per heavy atom. The lowest BCUT2D eigenvalue weighted by Gasteiger charge is -1.99. The van der Waals surface area contributed by atoms with Crippen molar-refractivity contribution in [2.45, 2.75) is 13.3 Å². The molecule has 1 aromatic heterocycles. The predicted octanol–water partition coefficient (Wildman–Crippen LogP) is 3.83. The maximum Gasteiger partial charge on any atom is 0.269 e. The molecule has 4 nitrogen and oxygen atoms in total.